The van der Waals surface area contributed by atoms with Crippen LogP contribution in [0.2, 0.25) is 0 Å². The fourth-order valence-electron chi connectivity index (χ4n) is 2.58. The summed E-state index contributed by atoms with van der Waals surface area (Å²) in [6.07, 6.45) is 1.53. The summed E-state index contributed by atoms with van der Waals surface area (Å²) in [5.74, 6) is 0. The lowest BCUT2D eigenvalue weighted by atomic mass is 10.2. The third-order valence-electron chi connectivity index (χ3n) is 3.57. The fourth-order valence-corrected chi connectivity index (χ4v) is 2.58. The van der Waals surface area contributed by atoms with Crippen molar-refractivity contribution in [3.63, 3.8) is 0 Å². The molecule has 0 aliphatic carbocycles. The summed E-state index contributed by atoms with van der Waals surface area (Å²) in [6, 6.07) is 14.4. The Morgan fingerprint density at radius 2 is 1.86 bits per heavy atom. The van der Waals surface area contributed by atoms with Crippen molar-refractivity contribution >= 4 is 27.6 Å². The van der Waals surface area contributed by atoms with E-state index in [0.29, 0.717) is 5.69 Å². The van der Waals surface area contributed by atoms with Gasteiger partial charge < -0.3 is 4.98 Å². The number of hydrogen-bond donors (Lipinski definition) is 1. The van der Waals surface area contributed by atoms with E-state index in [9.17, 15) is 10.1 Å². The predicted molar refractivity (Wildman–Crippen MR) is 83.5 cm³/mol. The zero-order valence-electron chi connectivity index (χ0n) is 11.4. The number of pyridine rings is 2. The van der Waals surface area contributed by atoms with E-state index in [1.807, 2.05) is 30.3 Å². The van der Waals surface area contributed by atoms with Gasteiger partial charge in [-0.2, -0.15) is 0 Å². The van der Waals surface area contributed by atoms with Crippen LogP contribution in [0.5, 0.6) is 0 Å². The highest BCUT2D eigenvalue weighted by Gasteiger charge is 2.18. The van der Waals surface area contributed by atoms with Gasteiger partial charge in [0.05, 0.1) is 21.7 Å². The SMILES string of the molecule is O=[N+]([O-])c1cccnc1-c1ccc2[nH]c3ccccc3c2n1. The summed E-state index contributed by atoms with van der Waals surface area (Å²) in [5.41, 5.74) is 3.38. The monoisotopic (exact) mass is 290 g/mol. The molecule has 0 aliphatic rings. The molecule has 0 fully saturated rings. The maximum absolute atomic E-state index is 11.2. The average Bonchev–Trinajstić information content (AvgIpc) is 2.92. The van der Waals surface area contributed by atoms with Crippen LogP contribution in [0, 0.1) is 10.1 Å². The fraction of sp³-hybridized carbons (Fsp3) is 0. The molecule has 1 aromatic carbocycles. The Morgan fingerprint density at radius 1 is 1.00 bits per heavy atom. The van der Waals surface area contributed by atoms with Gasteiger partial charge in [0.2, 0.25) is 0 Å². The van der Waals surface area contributed by atoms with E-state index in [4.69, 9.17) is 0 Å². The van der Waals surface area contributed by atoms with E-state index < -0.39 is 4.92 Å². The van der Waals surface area contributed by atoms with Gasteiger partial charge >= 0.3 is 0 Å². The lowest BCUT2D eigenvalue weighted by Gasteiger charge is -2.01. The molecule has 0 amide bonds. The van der Waals surface area contributed by atoms with Crippen LogP contribution in [0.15, 0.2) is 54.7 Å². The minimum atomic E-state index is -0.441. The zero-order chi connectivity index (χ0) is 15.1. The Bertz CT molecular complexity index is 1020. The molecule has 22 heavy (non-hydrogen) atoms. The number of nitrogens with zero attached hydrogens (tertiary/aromatic N) is 3. The third kappa shape index (κ3) is 1.81. The second-order valence-electron chi connectivity index (χ2n) is 4.89. The van der Waals surface area contributed by atoms with Gasteiger partial charge in [0.15, 0.2) is 5.69 Å². The van der Waals surface area contributed by atoms with Crippen molar-refractivity contribution in [3.8, 4) is 11.4 Å². The van der Waals surface area contributed by atoms with Gasteiger partial charge in [-0.3, -0.25) is 10.1 Å². The molecule has 0 spiro atoms. The normalized spacial score (nSPS) is 11.1. The molecule has 0 radical (unpaired) electrons. The summed E-state index contributed by atoms with van der Waals surface area (Å²) in [5, 5.41) is 12.1. The number of nitrogens with one attached hydrogen (secondary N) is 1. The molecule has 4 rings (SSSR count). The average molecular weight is 290 g/mol. The second-order valence-corrected chi connectivity index (χ2v) is 4.89. The van der Waals surface area contributed by atoms with Crippen molar-refractivity contribution in [2.24, 2.45) is 0 Å². The van der Waals surface area contributed by atoms with Crippen LogP contribution < -0.4 is 0 Å². The van der Waals surface area contributed by atoms with Crippen molar-refractivity contribution in [2.45, 2.75) is 0 Å². The van der Waals surface area contributed by atoms with E-state index in [2.05, 4.69) is 15.0 Å². The lowest BCUT2D eigenvalue weighted by Crippen LogP contribution is -1.95. The van der Waals surface area contributed by atoms with Crippen molar-refractivity contribution in [2.75, 3.05) is 0 Å². The summed E-state index contributed by atoms with van der Waals surface area (Å²) in [6.45, 7) is 0. The third-order valence-corrected chi connectivity index (χ3v) is 3.57. The second kappa shape index (κ2) is 4.63. The largest absolute Gasteiger partial charge is 0.353 e. The highest BCUT2D eigenvalue weighted by molar-refractivity contribution is 6.05. The van der Waals surface area contributed by atoms with Crippen LogP contribution in [0.25, 0.3) is 33.3 Å². The van der Waals surface area contributed by atoms with E-state index in [-0.39, 0.29) is 11.4 Å². The van der Waals surface area contributed by atoms with Crippen LogP contribution in [0.3, 0.4) is 0 Å². The molecule has 0 aliphatic heterocycles. The molecule has 0 saturated heterocycles. The molecule has 6 heteroatoms. The first kappa shape index (κ1) is 12.5. The molecule has 1 N–H and O–H groups in total. The zero-order valence-corrected chi connectivity index (χ0v) is 11.4. The highest BCUT2D eigenvalue weighted by Crippen LogP contribution is 2.29. The van der Waals surface area contributed by atoms with Gasteiger partial charge in [-0.1, -0.05) is 18.2 Å². The van der Waals surface area contributed by atoms with E-state index in [1.54, 1.807) is 12.1 Å². The van der Waals surface area contributed by atoms with Crippen LogP contribution in [0.4, 0.5) is 5.69 Å². The Labute approximate surface area is 124 Å². The number of rotatable bonds is 2. The maximum Gasteiger partial charge on any atom is 0.297 e. The standard InChI is InChI=1S/C16H10N4O2/c21-20(22)14-6-3-9-17-16(14)13-8-7-12-15(19-13)10-4-1-2-5-11(10)18-12/h1-9,18H. The molecule has 0 bridgehead atoms. The van der Waals surface area contributed by atoms with Crippen LogP contribution in [-0.4, -0.2) is 19.9 Å². The van der Waals surface area contributed by atoms with Crippen molar-refractivity contribution in [1.82, 2.24) is 15.0 Å². The first-order valence-electron chi connectivity index (χ1n) is 6.71. The Kier molecular flexibility index (Phi) is 2.62. The number of nitro groups is 1. The van der Waals surface area contributed by atoms with E-state index in [1.165, 1.54) is 12.3 Å². The molecule has 0 unspecified atom stereocenters. The molecule has 6 nitrogen and oxygen atoms in total. The molecular formula is C16H10N4O2. The number of H-pyrrole nitrogens is 1. The maximum atomic E-state index is 11.2. The van der Waals surface area contributed by atoms with E-state index >= 15 is 0 Å². The molecule has 0 saturated carbocycles. The summed E-state index contributed by atoms with van der Waals surface area (Å²) < 4.78 is 0. The molecule has 0 atom stereocenters. The number of fused-ring (bicyclic) bond motifs is 3. The summed E-state index contributed by atoms with van der Waals surface area (Å²) in [7, 11) is 0. The van der Waals surface area contributed by atoms with Gasteiger partial charge in [-0.25, -0.2) is 9.97 Å². The Balaban J connectivity index is 2.00. The van der Waals surface area contributed by atoms with Gasteiger partial charge in [0.1, 0.15) is 0 Å². The number of para-hydroxylation sites is 1. The first-order chi connectivity index (χ1) is 10.7. The molecular weight excluding hydrogens is 280 g/mol. The van der Waals surface area contributed by atoms with Crippen LogP contribution in [-0.2, 0) is 0 Å². The minimum absolute atomic E-state index is 0.0470. The predicted octanol–water partition coefficient (Wildman–Crippen LogP) is 3.69. The van der Waals surface area contributed by atoms with Crippen molar-refractivity contribution < 1.29 is 4.92 Å². The molecule has 4 aromatic rings. The van der Waals surface area contributed by atoms with Crippen LogP contribution >= 0.6 is 0 Å². The van der Waals surface area contributed by atoms with Gasteiger partial charge in [-0.15, -0.1) is 0 Å². The highest BCUT2D eigenvalue weighted by atomic mass is 16.6. The molecule has 106 valence electrons. The minimum Gasteiger partial charge on any atom is -0.353 e. The molecule has 3 aromatic heterocycles. The van der Waals surface area contributed by atoms with Gasteiger partial charge in [0.25, 0.3) is 5.69 Å². The smallest absolute Gasteiger partial charge is 0.297 e. The van der Waals surface area contributed by atoms with Gasteiger partial charge in [0, 0.05) is 23.2 Å². The first-order valence-corrected chi connectivity index (χ1v) is 6.71. The molecule has 3 heterocycles. The van der Waals surface area contributed by atoms with E-state index in [0.717, 1.165) is 21.9 Å². The topological polar surface area (TPSA) is 84.7 Å². The van der Waals surface area contributed by atoms with Gasteiger partial charge in [-0.05, 0) is 24.3 Å². The Hall–Kier alpha value is -3.28. The number of aromatic amines is 1. The van der Waals surface area contributed by atoms with Crippen LogP contribution in [0.1, 0.15) is 0 Å². The quantitative estimate of drug-likeness (QED) is 0.450. The lowest BCUT2D eigenvalue weighted by molar-refractivity contribution is -0.384. The number of hydrogen-bond acceptors (Lipinski definition) is 4. The van der Waals surface area contributed by atoms with Crippen molar-refractivity contribution in [1.29, 1.82) is 0 Å². The summed E-state index contributed by atoms with van der Waals surface area (Å²) >= 11 is 0. The number of aromatic nitrogens is 3. The number of benzene rings is 1. The Morgan fingerprint density at radius 3 is 2.73 bits per heavy atom. The summed E-state index contributed by atoms with van der Waals surface area (Å²) in [4.78, 5) is 22.7. The van der Waals surface area contributed by atoms with Crippen molar-refractivity contribution in [3.05, 3.63) is 64.8 Å².